The van der Waals surface area contributed by atoms with E-state index in [0.29, 0.717) is 30.3 Å². The van der Waals surface area contributed by atoms with Crippen molar-refractivity contribution >= 4 is 11.7 Å². The van der Waals surface area contributed by atoms with E-state index >= 15 is 0 Å². The number of hydrogen-bond acceptors (Lipinski definition) is 7. The first-order valence-corrected chi connectivity index (χ1v) is 8.13. The van der Waals surface area contributed by atoms with Crippen LogP contribution < -0.4 is 26.1 Å². The maximum absolute atomic E-state index is 12.7. The Morgan fingerprint density at radius 2 is 2.12 bits per heavy atom. The van der Waals surface area contributed by atoms with Gasteiger partial charge in [-0.1, -0.05) is 6.07 Å². The molecule has 0 aliphatic carbocycles. The number of aromatic nitrogens is 2. The molecule has 2 heterocycles. The van der Waals surface area contributed by atoms with Gasteiger partial charge in [0.05, 0.1) is 0 Å². The molecule has 138 valence electrons. The van der Waals surface area contributed by atoms with E-state index in [1.54, 1.807) is 6.07 Å². The Morgan fingerprint density at radius 3 is 2.85 bits per heavy atom. The fourth-order valence-corrected chi connectivity index (χ4v) is 2.82. The molecule has 0 unspecified atom stereocenters. The summed E-state index contributed by atoms with van der Waals surface area (Å²) in [6.45, 7) is 0.503. The number of carbonyl (C=O) groups is 1. The number of H-pyrrole nitrogens is 1. The first kappa shape index (κ1) is 17.7. The van der Waals surface area contributed by atoms with Crippen molar-refractivity contribution in [2.24, 2.45) is 0 Å². The van der Waals surface area contributed by atoms with Gasteiger partial charge in [-0.05, 0) is 31.8 Å². The molecule has 9 nitrogen and oxygen atoms in total. The minimum atomic E-state index is -0.489. The van der Waals surface area contributed by atoms with E-state index in [2.05, 4.69) is 15.3 Å². The lowest BCUT2D eigenvalue weighted by molar-refractivity contribution is -0.125. The molecule has 1 aliphatic rings. The number of likely N-dealkylation sites (N-methyl/N-ethyl adjacent to an activating group) is 1. The second kappa shape index (κ2) is 7.44. The molecule has 1 aromatic carbocycles. The summed E-state index contributed by atoms with van der Waals surface area (Å²) < 4.78 is 10.7. The lowest BCUT2D eigenvalue weighted by atomic mass is 10.0. The van der Waals surface area contributed by atoms with Crippen molar-refractivity contribution in [2.45, 2.75) is 12.5 Å². The van der Waals surface area contributed by atoms with Crippen LogP contribution in [0.25, 0.3) is 0 Å². The summed E-state index contributed by atoms with van der Waals surface area (Å²) in [6, 6.07) is 6.17. The molecular weight excluding hydrogens is 338 g/mol. The highest BCUT2D eigenvalue weighted by molar-refractivity contribution is 5.83. The highest BCUT2D eigenvalue weighted by Gasteiger charge is 2.25. The Balaban J connectivity index is 1.66. The summed E-state index contributed by atoms with van der Waals surface area (Å²) in [5.74, 6) is 1.72. The van der Waals surface area contributed by atoms with Crippen molar-refractivity contribution in [3.8, 4) is 11.5 Å². The van der Waals surface area contributed by atoms with Crippen LogP contribution in [0.1, 0.15) is 17.4 Å². The van der Waals surface area contributed by atoms with Gasteiger partial charge in [-0.15, -0.1) is 0 Å². The first-order valence-electron chi connectivity index (χ1n) is 8.13. The zero-order valence-electron chi connectivity index (χ0n) is 14.6. The van der Waals surface area contributed by atoms with Gasteiger partial charge in [-0.25, -0.2) is 4.98 Å². The highest BCUT2D eigenvalue weighted by Crippen LogP contribution is 2.35. The Kier molecular flexibility index (Phi) is 5.08. The SMILES string of the molecule is CN(C)[C@H](C(=O)NCCc1nc(N)cc(=O)[nH]1)c1ccc2c(c1)OCO2. The Morgan fingerprint density at radius 1 is 1.35 bits per heavy atom. The van der Waals surface area contributed by atoms with Crippen molar-refractivity contribution in [1.82, 2.24) is 20.2 Å². The topological polar surface area (TPSA) is 123 Å². The molecule has 0 fully saturated rings. The molecular formula is C17H21N5O4. The number of nitrogens with two attached hydrogens (primary N) is 1. The van der Waals surface area contributed by atoms with Gasteiger partial charge in [-0.3, -0.25) is 14.5 Å². The van der Waals surface area contributed by atoms with Crippen LogP contribution in [0.3, 0.4) is 0 Å². The summed E-state index contributed by atoms with van der Waals surface area (Å²) in [5.41, 5.74) is 6.04. The molecule has 0 radical (unpaired) electrons. The molecule has 9 heteroatoms. The number of aromatic amines is 1. The molecule has 26 heavy (non-hydrogen) atoms. The van der Waals surface area contributed by atoms with Crippen LogP contribution in [0, 0.1) is 0 Å². The minimum absolute atomic E-state index is 0.154. The number of carbonyl (C=O) groups excluding carboxylic acids is 1. The predicted octanol–water partition coefficient (Wildman–Crippen LogP) is 0.0424. The van der Waals surface area contributed by atoms with Gasteiger partial charge in [0, 0.05) is 19.0 Å². The zero-order valence-corrected chi connectivity index (χ0v) is 14.6. The normalized spacial score (nSPS) is 13.7. The fraction of sp³-hybridized carbons (Fsp3) is 0.353. The third-order valence-corrected chi connectivity index (χ3v) is 3.95. The number of fused-ring (bicyclic) bond motifs is 1. The van der Waals surface area contributed by atoms with Crippen LogP contribution in [0.4, 0.5) is 5.82 Å². The van der Waals surface area contributed by atoms with Gasteiger partial charge >= 0.3 is 0 Å². The van der Waals surface area contributed by atoms with Crippen molar-refractivity contribution in [3.63, 3.8) is 0 Å². The lowest BCUT2D eigenvalue weighted by Gasteiger charge is -2.24. The van der Waals surface area contributed by atoms with E-state index in [9.17, 15) is 9.59 Å². The molecule has 1 aliphatic heterocycles. The maximum atomic E-state index is 12.7. The summed E-state index contributed by atoms with van der Waals surface area (Å²) in [4.78, 5) is 32.5. The molecule has 1 atom stereocenters. The number of nitrogens with one attached hydrogen (secondary N) is 2. The van der Waals surface area contributed by atoms with Gasteiger partial charge in [0.25, 0.3) is 5.56 Å². The Labute approximate surface area is 150 Å². The largest absolute Gasteiger partial charge is 0.454 e. The van der Waals surface area contributed by atoms with Crippen molar-refractivity contribution in [1.29, 1.82) is 0 Å². The van der Waals surface area contributed by atoms with Crippen molar-refractivity contribution in [3.05, 3.63) is 46.0 Å². The van der Waals surface area contributed by atoms with Gasteiger partial charge in [-0.2, -0.15) is 0 Å². The third-order valence-electron chi connectivity index (χ3n) is 3.95. The van der Waals surface area contributed by atoms with Crippen molar-refractivity contribution < 1.29 is 14.3 Å². The molecule has 1 aromatic heterocycles. The van der Waals surface area contributed by atoms with Gasteiger partial charge in [0.15, 0.2) is 11.5 Å². The summed E-state index contributed by atoms with van der Waals surface area (Å²) >= 11 is 0. The van der Waals surface area contributed by atoms with E-state index in [4.69, 9.17) is 15.2 Å². The lowest BCUT2D eigenvalue weighted by Crippen LogP contribution is -2.38. The van der Waals surface area contributed by atoms with Gasteiger partial charge < -0.3 is 25.5 Å². The van der Waals surface area contributed by atoms with Crippen LogP contribution in [0.2, 0.25) is 0 Å². The molecule has 0 saturated heterocycles. The number of ether oxygens (including phenoxy) is 2. The molecule has 0 spiro atoms. The minimum Gasteiger partial charge on any atom is -0.454 e. The number of rotatable bonds is 6. The number of nitrogens with zero attached hydrogens (tertiary/aromatic N) is 2. The van der Waals surface area contributed by atoms with E-state index in [0.717, 1.165) is 5.56 Å². The summed E-state index contributed by atoms with van der Waals surface area (Å²) in [6.07, 6.45) is 0.368. The molecule has 0 bridgehead atoms. The predicted molar refractivity (Wildman–Crippen MR) is 95.0 cm³/mol. The van der Waals surface area contributed by atoms with Crippen LogP contribution in [-0.4, -0.2) is 48.2 Å². The molecule has 0 saturated carbocycles. The van der Waals surface area contributed by atoms with Gasteiger partial charge in [0.1, 0.15) is 17.7 Å². The molecule has 1 amide bonds. The monoisotopic (exact) mass is 359 g/mol. The highest BCUT2D eigenvalue weighted by atomic mass is 16.7. The van der Waals surface area contributed by atoms with E-state index in [1.165, 1.54) is 6.07 Å². The smallest absolute Gasteiger partial charge is 0.252 e. The standard InChI is InChI=1S/C17H21N5O4/c1-22(2)16(10-3-4-11-12(7-10)26-9-25-11)17(24)19-6-5-14-20-13(18)8-15(23)21-14/h3-4,7-8,16H,5-6,9H2,1-2H3,(H,19,24)(H3,18,20,21,23)/t16-/m0/s1. The van der Waals surface area contributed by atoms with Crippen LogP contribution >= 0.6 is 0 Å². The Bertz CT molecular complexity index is 864. The number of hydrogen-bond donors (Lipinski definition) is 3. The number of nitrogen functional groups attached to an aromatic ring is 1. The zero-order chi connectivity index (χ0) is 18.7. The number of benzene rings is 1. The summed E-state index contributed by atoms with van der Waals surface area (Å²) in [5, 5.41) is 2.86. The fourth-order valence-electron chi connectivity index (χ4n) is 2.82. The average molecular weight is 359 g/mol. The molecule has 2 aromatic rings. The number of anilines is 1. The number of amides is 1. The Hall–Kier alpha value is -3.07. The van der Waals surface area contributed by atoms with Crippen LogP contribution in [0.5, 0.6) is 11.5 Å². The van der Waals surface area contributed by atoms with Crippen LogP contribution in [0.15, 0.2) is 29.1 Å². The van der Waals surface area contributed by atoms with Crippen molar-refractivity contribution in [2.75, 3.05) is 33.2 Å². The van der Waals surface area contributed by atoms with E-state index in [-0.39, 0.29) is 24.1 Å². The average Bonchev–Trinajstić information content (AvgIpc) is 3.01. The molecule has 3 rings (SSSR count). The van der Waals surface area contributed by atoms with E-state index in [1.807, 2.05) is 31.1 Å². The third kappa shape index (κ3) is 3.94. The second-order valence-electron chi connectivity index (χ2n) is 6.14. The quantitative estimate of drug-likeness (QED) is 0.665. The van der Waals surface area contributed by atoms with Crippen LogP contribution in [-0.2, 0) is 11.2 Å². The van der Waals surface area contributed by atoms with Gasteiger partial charge in [0.2, 0.25) is 12.7 Å². The summed E-state index contributed by atoms with van der Waals surface area (Å²) in [7, 11) is 3.65. The maximum Gasteiger partial charge on any atom is 0.252 e. The van der Waals surface area contributed by atoms with E-state index < -0.39 is 6.04 Å². The second-order valence-corrected chi connectivity index (χ2v) is 6.14. The molecule has 4 N–H and O–H groups in total. The first-order chi connectivity index (χ1) is 12.4.